The Kier molecular flexibility index (Phi) is 2.59. The van der Waals surface area contributed by atoms with Crippen molar-refractivity contribution in [3.05, 3.63) is 6.61 Å². The van der Waals surface area contributed by atoms with Gasteiger partial charge in [0.15, 0.2) is 0 Å². The van der Waals surface area contributed by atoms with Gasteiger partial charge in [-0.2, -0.15) is 0 Å². The van der Waals surface area contributed by atoms with E-state index < -0.39 is 0 Å². The van der Waals surface area contributed by atoms with E-state index >= 15 is 0 Å². The standard InChI is InChI=1S/C5H9OS/c1-2-4-6-7-5-3-1/h4H,1-3,5H2. The second kappa shape index (κ2) is 3.33. The average molecular weight is 117 g/mol. The van der Waals surface area contributed by atoms with Crippen molar-refractivity contribution in [1.29, 1.82) is 0 Å². The molecular weight excluding hydrogens is 108 g/mol. The minimum Gasteiger partial charge on any atom is -0.309 e. The molecule has 1 fully saturated rings. The molecule has 0 bridgehead atoms. The lowest BCUT2D eigenvalue weighted by molar-refractivity contribution is 0.461. The first-order chi connectivity index (χ1) is 3.50. The highest BCUT2D eigenvalue weighted by molar-refractivity contribution is 7.94. The maximum absolute atomic E-state index is 4.99. The molecule has 1 aliphatic rings. The van der Waals surface area contributed by atoms with E-state index in [9.17, 15) is 0 Å². The van der Waals surface area contributed by atoms with E-state index in [1.807, 2.05) is 6.61 Å². The molecule has 0 atom stereocenters. The van der Waals surface area contributed by atoms with Crippen LogP contribution in [0.3, 0.4) is 0 Å². The molecule has 0 amide bonds. The molecule has 1 aliphatic heterocycles. The highest BCUT2D eigenvalue weighted by atomic mass is 32.2. The zero-order valence-corrected chi connectivity index (χ0v) is 5.04. The maximum atomic E-state index is 4.99. The largest absolute Gasteiger partial charge is 0.309 e. The van der Waals surface area contributed by atoms with Crippen molar-refractivity contribution < 1.29 is 4.18 Å². The minimum atomic E-state index is 1.13. The fraction of sp³-hybridized carbons (Fsp3) is 0.800. The van der Waals surface area contributed by atoms with E-state index in [2.05, 4.69) is 0 Å². The summed E-state index contributed by atoms with van der Waals surface area (Å²) in [7, 11) is 0. The Balaban J connectivity index is 2.04. The quantitative estimate of drug-likeness (QED) is 0.449. The first-order valence-corrected chi connectivity index (χ1v) is 3.51. The van der Waals surface area contributed by atoms with Crippen molar-refractivity contribution in [2.24, 2.45) is 0 Å². The van der Waals surface area contributed by atoms with Crippen LogP contribution in [0.1, 0.15) is 19.3 Å². The molecule has 0 aromatic rings. The maximum Gasteiger partial charge on any atom is 0.0996 e. The summed E-state index contributed by atoms with van der Waals surface area (Å²) in [6, 6.07) is 0. The summed E-state index contributed by atoms with van der Waals surface area (Å²) in [4.78, 5) is 0. The fourth-order valence-electron chi connectivity index (χ4n) is 0.533. The summed E-state index contributed by atoms with van der Waals surface area (Å²) < 4.78 is 4.99. The van der Waals surface area contributed by atoms with Crippen molar-refractivity contribution in [2.75, 3.05) is 5.75 Å². The Morgan fingerprint density at radius 1 is 1.43 bits per heavy atom. The summed E-state index contributed by atoms with van der Waals surface area (Å²) in [5.74, 6) is 1.16. The van der Waals surface area contributed by atoms with Gasteiger partial charge in [-0.15, -0.1) is 0 Å². The molecule has 0 unspecified atom stereocenters. The van der Waals surface area contributed by atoms with Gasteiger partial charge in [-0.3, -0.25) is 0 Å². The molecule has 41 valence electrons. The SMILES string of the molecule is [CH]1CCCCSO1. The fourth-order valence-corrected chi connectivity index (χ4v) is 1.14. The van der Waals surface area contributed by atoms with E-state index in [1.54, 1.807) is 12.0 Å². The lowest BCUT2D eigenvalue weighted by Crippen LogP contribution is -1.71. The Hall–Kier alpha value is 0.310. The van der Waals surface area contributed by atoms with Crippen molar-refractivity contribution in [3.8, 4) is 0 Å². The third-order valence-electron chi connectivity index (χ3n) is 0.936. The summed E-state index contributed by atoms with van der Waals surface area (Å²) in [5.41, 5.74) is 0. The smallest absolute Gasteiger partial charge is 0.0996 e. The van der Waals surface area contributed by atoms with Gasteiger partial charge in [-0.05, 0) is 31.3 Å². The van der Waals surface area contributed by atoms with Gasteiger partial charge in [-0.25, -0.2) is 0 Å². The molecule has 1 saturated heterocycles. The predicted molar refractivity (Wildman–Crippen MR) is 31.7 cm³/mol. The molecule has 1 heterocycles. The van der Waals surface area contributed by atoms with Crippen LogP contribution in [0, 0.1) is 6.61 Å². The molecule has 7 heavy (non-hydrogen) atoms. The monoisotopic (exact) mass is 117 g/mol. The molecule has 2 heteroatoms. The van der Waals surface area contributed by atoms with Crippen molar-refractivity contribution in [2.45, 2.75) is 19.3 Å². The third kappa shape index (κ3) is 2.19. The van der Waals surface area contributed by atoms with Gasteiger partial charge in [0.05, 0.1) is 6.61 Å². The van der Waals surface area contributed by atoms with Gasteiger partial charge in [0.1, 0.15) is 0 Å². The summed E-state index contributed by atoms with van der Waals surface area (Å²) in [6.07, 6.45) is 3.74. The molecular formula is C5H9OS. The summed E-state index contributed by atoms with van der Waals surface area (Å²) in [6.45, 7) is 1.89. The van der Waals surface area contributed by atoms with Crippen LogP contribution in [-0.2, 0) is 4.18 Å². The summed E-state index contributed by atoms with van der Waals surface area (Å²) in [5, 5.41) is 0. The average Bonchev–Trinajstić information content (AvgIpc) is 1.90. The Morgan fingerprint density at radius 3 is 3.43 bits per heavy atom. The molecule has 0 N–H and O–H groups in total. The van der Waals surface area contributed by atoms with Crippen molar-refractivity contribution >= 4 is 12.0 Å². The Labute approximate surface area is 48.6 Å². The Morgan fingerprint density at radius 2 is 2.43 bits per heavy atom. The first kappa shape index (κ1) is 5.45. The third-order valence-corrected chi connectivity index (χ3v) is 1.66. The highest BCUT2D eigenvalue weighted by Gasteiger charge is 1.96. The molecule has 1 radical (unpaired) electrons. The van der Waals surface area contributed by atoms with Gasteiger partial charge >= 0.3 is 0 Å². The predicted octanol–water partition coefficient (Wildman–Crippen LogP) is 2.00. The van der Waals surface area contributed by atoms with Gasteiger partial charge in [0.25, 0.3) is 0 Å². The number of rotatable bonds is 0. The first-order valence-electron chi connectivity index (χ1n) is 2.60. The van der Waals surface area contributed by atoms with Crippen LogP contribution in [0.15, 0.2) is 0 Å². The van der Waals surface area contributed by atoms with Gasteiger partial charge in [0.2, 0.25) is 0 Å². The number of hydrogen-bond donors (Lipinski definition) is 0. The van der Waals surface area contributed by atoms with Crippen LogP contribution in [0.4, 0.5) is 0 Å². The normalized spacial score (nSPS) is 24.0. The van der Waals surface area contributed by atoms with Crippen LogP contribution in [0.25, 0.3) is 0 Å². The second-order valence-corrected chi connectivity index (χ2v) is 2.42. The van der Waals surface area contributed by atoms with Crippen LogP contribution >= 0.6 is 12.0 Å². The Bertz CT molecular complexity index is 27.7. The van der Waals surface area contributed by atoms with Crippen LogP contribution < -0.4 is 0 Å². The van der Waals surface area contributed by atoms with Crippen LogP contribution in [0.2, 0.25) is 0 Å². The highest BCUT2D eigenvalue weighted by Crippen LogP contribution is 2.16. The van der Waals surface area contributed by atoms with Gasteiger partial charge in [-0.1, -0.05) is 0 Å². The van der Waals surface area contributed by atoms with Gasteiger partial charge < -0.3 is 4.18 Å². The lowest BCUT2D eigenvalue weighted by Gasteiger charge is -1.88. The minimum absolute atomic E-state index is 1.13. The van der Waals surface area contributed by atoms with E-state index in [-0.39, 0.29) is 0 Å². The molecule has 0 aromatic carbocycles. The zero-order valence-electron chi connectivity index (χ0n) is 4.22. The van der Waals surface area contributed by atoms with E-state index in [1.165, 1.54) is 12.8 Å². The van der Waals surface area contributed by atoms with E-state index in [0.29, 0.717) is 0 Å². The molecule has 0 aromatic heterocycles. The molecule has 0 saturated carbocycles. The number of hydrogen-bond acceptors (Lipinski definition) is 2. The molecule has 0 spiro atoms. The molecule has 1 rings (SSSR count). The molecule has 0 aliphatic carbocycles. The molecule has 1 nitrogen and oxygen atoms in total. The van der Waals surface area contributed by atoms with Gasteiger partial charge in [0, 0.05) is 5.75 Å². The van der Waals surface area contributed by atoms with Crippen molar-refractivity contribution in [1.82, 2.24) is 0 Å². The van der Waals surface area contributed by atoms with Crippen LogP contribution in [0.5, 0.6) is 0 Å². The second-order valence-electron chi connectivity index (χ2n) is 1.58. The summed E-state index contributed by atoms with van der Waals surface area (Å²) >= 11 is 1.56. The van der Waals surface area contributed by atoms with Crippen molar-refractivity contribution in [3.63, 3.8) is 0 Å². The zero-order chi connectivity index (χ0) is 4.95. The lowest BCUT2D eigenvalue weighted by atomic mass is 10.3. The van der Waals surface area contributed by atoms with E-state index in [0.717, 1.165) is 12.2 Å². The topological polar surface area (TPSA) is 9.23 Å². The van der Waals surface area contributed by atoms with Crippen LogP contribution in [-0.4, -0.2) is 5.75 Å². The van der Waals surface area contributed by atoms with E-state index in [4.69, 9.17) is 4.18 Å².